The van der Waals surface area contributed by atoms with Crippen molar-refractivity contribution in [2.75, 3.05) is 37.1 Å². The molecule has 0 spiro atoms. The number of hydrogen-bond acceptors (Lipinski definition) is 8. The quantitative estimate of drug-likeness (QED) is 0.171. The number of anilines is 2. The molecular formula is C30H29N3O5S. The fourth-order valence-electron chi connectivity index (χ4n) is 4.61. The zero-order chi connectivity index (χ0) is 27.7. The Morgan fingerprint density at radius 1 is 0.974 bits per heavy atom. The predicted octanol–water partition coefficient (Wildman–Crippen LogP) is 5.79. The Labute approximate surface area is 230 Å². The van der Waals surface area contributed by atoms with Gasteiger partial charge in [-0.25, -0.2) is 4.98 Å². The van der Waals surface area contributed by atoms with Crippen LogP contribution in [0.3, 0.4) is 0 Å². The molecule has 1 aliphatic heterocycles. The van der Waals surface area contributed by atoms with E-state index in [-0.39, 0.29) is 11.3 Å². The molecule has 0 saturated carbocycles. The van der Waals surface area contributed by atoms with Gasteiger partial charge in [0.1, 0.15) is 17.3 Å². The number of aliphatic hydroxyl groups excluding tert-OH is 1. The Hall–Kier alpha value is -4.37. The van der Waals surface area contributed by atoms with Crippen molar-refractivity contribution < 1.29 is 24.2 Å². The molecule has 39 heavy (non-hydrogen) atoms. The van der Waals surface area contributed by atoms with Crippen molar-refractivity contribution in [3.63, 3.8) is 0 Å². The summed E-state index contributed by atoms with van der Waals surface area (Å²) in [6.07, 6.45) is 0. The van der Waals surface area contributed by atoms with E-state index in [9.17, 15) is 14.7 Å². The average molecular weight is 544 g/mol. The number of ether oxygens (including phenoxy) is 2. The van der Waals surface area contributed by atoms with Crippen molar-refractivity contribution in [2.24, 2.45) is 0 Å². The van der Waals surface area contributed by atoms with Gasteiger partial charge in [-0.2, -0.15) is 0 Å². The maximum absolute atomic E-state index is 13.6. The fraction of sp³-hybridized carbons (Fsp3) is 0.233. The first kappa shape index (κ1) is 26.2. The van der Waals surface area contributed by atoms with Gasteiger partial charge in [0.05, 0.1) is 35.0 Å². The van der Waals surface area contributed by atoms with Crippen molar-refractivity contribution in [3.05, 3.63) is 83.4 Å². The smallest absolute Gasteiger partial charge is 0.301 e. The van der Waals surface area contributed by atoms with Crippen molar-refractivity contribution in [2.45, 2.75) is 19.9 Å². The lowest BCUT2D eigenvalue weighted by molar-refractivity contribution is -0.132. The van der Waals surface area contributed by atoms with E-state index in [1.165, 1.54) is 16.2 Å². The van der Waals surface area contributed by atoms with Crippen molar-refractivity contribution in [1.29, 1.82) is 0 Å². The zero-order valence-corrected chi connectivity index (χ0v) is 23.0. The number of aliphatic hydroxyl groups is 1. The van der Waals surface area contributed by atoms with E-state index in [1.54, 1.807) is 24.3 Å². The number of carbonyl (C=O) groups excluding carboxylic acids is 2. The van der Waals surface area contributed by atoms with Gasteiger partial charge in [0, 0.05) is 25.3 Å². The summed E-state index contributed by atoms with van der Waals surface area (Å²) < 4.78 is 12.0. The maximum Gasteiger partial charge on any atom is 0.301 e. The molecule has 5 rings (SSSR count). The summed E-state index contributed by atoms with van der Waals surface area (Å²) in [5.74, 6) is -0.529. The van der Waals surface area contributed by atoms with E-state index in [4.69, 9.17) is 14.5 Å². The number of aromatic nitrogens is 1. The standard InChI is InChI=1S/C30H29N3O5S/c1-5-37-21-9-7-8-19(16-21)27(34)25-26(18-10-12-20(13-11-18)32(3)4)33(29(36)28(25)35)30-31-23-15-14-22(38-6-2)17-24(23)39-30/h7-17,26,34H,5-6H2,1-4H3/b27-25+. The number of thiazole rings is 1. The number of fused-ring (bicyclic) bond motifs is 1. The average Bonchev–Trinajstić information content (AvgIpc) is 3.46. The van der Waals surface area contributed by atoms with Gasteiger partial charge in [0.2, 0.25) is 0 Å². The molecule has 9 heteroatoms. The van der Waals surface area contributed by atoms with Crippen molar-refractivity contribution >= 4 is 49.8 Å². The van der Waals surface area contributed by atoms with E-state index in [2.05, 4.69) is 0 Å². The second-order valence-electron chi connectivity index (χ2n) is 9.17. The van der Waals surface area contributed by atoms with Gasteiger partial charge in [-0.3, -0.25) is 14.5 Å². The zero-order valence-electron chi connectivity index (χ0n) is 22.2. The molecule has 1 atom stereocenters. The van der Waals surface area contributed by atoms with E-state index in [1.807, 2.05) is 75.3 Å². The first-order valence-electron chi connectivity index (χ1n) is 12.7. The largest absolute Gasteiger partial charge is 0.507 e. The van der Waals surface area contributed by atoms with Crippen LogP contribution in [0, 0.1) is 0 Å². The molecule has 1 aromatic heterocycles. The summed E-state index contributed by atoms with van der Waals surface area (Å²) in [6, 6.07) is 19.1. The van der Waals surface area contributed by atoms with Gasteiger partial charge < -0.3 is 19.5 Å². The topological polar surface area (TPSA) is 92.2 Å². The molecular weight excluding hydrogens is 514 g/mol. The molecule has 0 radical (unpaired) electrons. The number of amides is 1. The predicted molar refractivity (Wildman–Crippen MR) is 154 cm³/mol. The first-order chi connectivity index (χ1) is 18.8. The number of hydrogen-bond donors (Lipinski definition) is 1. The Bertz CT molecular complexity index is 1580. The van der Waals surface area contributed by atoms with Gasteiger partial charge >= 0.3 is 5.91 Å². The minimum Gasteiger partial charge on any atom is -0.507 e. The third-order valence-electron chi connectivity index (χ3n) is 6.45. The molecule has 1 N–H and O–H groups in total. The van der Waals surface area contributed by atoms with Gasteiger partial charge in [-0.1, -0.05) is 35.6 Å². The number of rotatable bonds is 8. The van der Waals surface area contributed by atoms with Crippen molar-refractivity contribution in [3.8, 4) is 11.5 Å². The summed E-state index contributed by atoms with van der Waals surface area (Å²) in [6.45, 7) is 4.76. The monoisotopic (exact) mass is 543 g/mol. The van der Waals surface area contributed by atoms with E-state index in [0.717, 1.165) is 10.4 Å². The summed E-state index contributed by atoms with van der Waals surface area (Å²) >= 11 is 1.29. The molecule has 0 bridgehead atoms. The van der Waals surface area contributed by atoms with E-state index < -0.39 is 17.7 Å². The summed E-state index contributed by atoms with van der Waals surface area (Å²) in [5, 5.41) is 11.8. The minimum absolute atomic E-state index is 0.000475. The minimum atomic E-state index is -0.871. The molecule has 200 valence electrons. The van der Waals surface area contributed by atoms with Crippen LogP contribution < -0.4 is 19.3 Å². The second kappa shape index (κ2) is 10.8. The highest BCUT2D eigenvalue weighted by atomic mass is 32.1. The number of Topliss-reactive ketones (excluding diaryl/α,β-unsaturated/α-hetero) is 1. The fourth-order valence-corrected chi connectivity index (χ4v) is 5.63. The van der Waals surface area contributed by atoms with Crippen LogP contribution in [0.1, 0.15) is 31.0 Å². The molecule has 1 unspecified atom stereocenters. The molecule has 0 aliphatic carbocycles. The van der Waals surface area contributed by atoms with E-state index >= 15 is 0 Å². The van der Waals surface area contributed by atoms with Crippen LogP contribution in [0.15, 0.2) is 72.3 Å². The highest BCUT2D eigenvalue weighted by Crippen LogP contribution is 2.45. The van der Waals surface area contributed by atoms with Crippen molar-refractivity contribution in [1.82, 2.24) is 4.98 Å². The molecule has 4 aromatic rings. The Morgan fingerprint density at radius 2 is 1.67 bits per heavy atom. The Morgan fingerprint density at radius 3 is 2.33 bits per heavy atom. The van der Waals surface area contributed by atoms with Crippen LogP contribution in [0.25, 0.3) is 16.0 Å². The lowest BCUT2D eigenvalue weighted by atomic mass is 9.95. The number of benzene rings is 3. The molecule has 1 aliphatic rings. The summed E-state index contributed by atoms with van der Waals surface area (Å²) in [5.41, 5.74) is 2.71. The molecule has 8 nitrogen and oxygen atoms in total. The molecule has 1 saturated heterocycles. The van der Waals surface area contributed by atoms with Gasteiger partial charge in [-0.05, 0) is 61.9 Å². The number of nitrogens with zero attached hydrogens (tertiary/aromatic N) is 3. The maximum atomic E-state index is 13.6. The number of carbonyl (C=O) groups is 2. The SMILES string of the molecule is CCOc1cccc(/C(O)=C2\C(=O)C(=O)N(c3nc4ccc(OCC)cc4s3)C2c2ccc(N(C)C)cc2)c1. The van der Waals surface area contributed by atoms with Crippen LogP contribution in [-0.2, 0) is 9.59 Å². The van der Waals surface area contributed by atoms with Crippen LogP contribution in [0.4, 0.5) is 10.8 Å². The third kappa shape index (κ3) is 4.93. The lowest BCUT2D eigenvalue weighted by Crippen LogP contribution is -2.29. The molecule has 3 aromatic carbocycles. The van der Waals surface area contributed by atoms with Gasteiger partial charge in [-0.15, -0.1) is 0 Å². The second-order valence-corrected chi connectivity index (χ2v) is 10.2. The first-order valence-corrected chi connectivity index (χ1v) is 13.5. The van der Waals surface area contributed by atoms with Crippen LogP contribution in [-0.4, -0.2) is 49.1 Å². The lowest BCUT2D eigenvalue weighted by Gasteiger charge is -2.23. The summed E-state index contributed by atoms with van der Waals surface area (Å²) in [4.78, 5) is 35.1. The Kier molecular flexibility index (Phi) is 7.26. The van der Waals surface area contributed by atoms with Gasteiger partial charge in [0.15, 0.2) is 5.13 Å². The van der Waals surface area contributed by atoms with Gasteiger partial charge in [0.25, 0.3) is 5.78 Å². The Balaban J connectivity index is 1.68. The van der Waals surface area contributed by atoms with Crippen LogP contribution >= 0.6 is 11.3 Å². The molecule has 1 fully saturated rings. The number of ketones is 1. The van der Waals surface area contributed by atoms with E-state index in [0.29, 0.717) is 46.5 Å². The highest BCUT2D eigenvalue weighted by molar-refractivity contribution is 7.22. The molecule has 1 amide bonds. The van der Waals surface area contributed by atoms with Crippen LogP contribution in [0.2, 0.25) is 0 Å². The molecule has 2 heterocycles. The normalized spacial score (nSPS) is 16.6. The summed E-state index contributed by atoms with van der Waals surface area (Å²) in [7, 11) is 3.87. The highest BCUT2D eigenvalue weighted by Gasteiger charge is 2.48. The third-order valence-corrected chi connectivity index (χ3v) is 7.47. The van der Waals surface area contributed by atoms with Crippen LogP contribution in [0.5, 0.6) is 11.5 Å².